The second kappa shape index (κ2) is 6.60. The minimum Gasteiger partial charge on any atom is -0.375 e. The molecule has 108 valence electrons. The summed E-state index contributed by atoms with van der Waals surface area (Å²) in [7, 11) is 2.23. The van der Waals surface area contributed by atoms with Crippen LogP contribution < -0.4 is 5.73 Å². The highest BCUT2D eigenvalue weighted by Crippen LogP contribution is 2.38. The van der Waals surface area contributed by atoms with Gasteiger partial charge in [0.2, 0.25) is 0 Å². The van der Waals surface area contributed by atoms with Gasteiger partial charge < -0.3 is 10.5 Å². The average molecular weight is 274 g/mol. The van der Waals surface area contributed by atoms with E-state index in [-0.39, 0.29) is 11.1 Å². The van der Waals surface area contributed by atoms with Crippen molar-refractivity contribution in [1.82, 2.24) is 4.90 Å². The van der Waals surface area contributed by atoms with Crippen LogP contribution in [-0.2, 0) is 4.74 Å². The predicted molar refractivity (Wildman–Crippen MR) is 81.3 cm³/mol. The summed E-state index contributed by atoms with van der Waals surface area (Å²) in [5.74, 6) is 1.15. The van der Waals surface area contributed by atoms with Crippen molar-refractivity contribution in [2.45, 2.75) is 57.2 Å². The maximum atomic E-state index is 6.14. The predicted octanol–water partition coefficient (Wildman–Crippen LogP) is 2.35. The number of hydrogen-bond acceptors (Lipinski definition) is 4. The molecule has 0 bridgehead atoms. The molecule has 3 unspecified atom stereocenters. The van der Waals surface area contributed by atoms with Crippen LogP contribution in [-0.4, -0.2) is 54.3 Å². The molecule has 0 aromatic carbocycles. The molecule has 1 fully saturated rings. The molecule has 1 rings (SSSR count). The first-order valence-electron chi connectivity index (χ1n) is 6.99. The van der Waals surface area contributed by atoms with E-state index < -0.39 is 0 Å². The lowest BCUT2D eigenvalue weighted by Gasteiger charge is -2.52. The van der Waals surface area contributed by atoms with Gasteiger partial charge in [0.1, 0.15) is 0 Å². The number of ether oxygens (including phenoxy) is 1. The molecule has 1 aliphatic heterocycles. The van der Waals surface area contributed by atoms with Gasteiger partial charge in [0.05, 0.1) is 5.60 Å². The van der Waals surface area contributed by atoms with Crippen LogP contribution in [0.1, 0.15) is 40.0 Å². The molecule has 4 heteroatoms. The fourth-order valence-electron chi connectivity index (χ4n) is 2.99. The molecule has 0 radical (unpaired) electrons. The lowest BCUT2D eigenvalue weighted by atomic mass is 9.77. The molecular formula is C14H30N2OS. The van der Waals surface area contributed by atoms with Crippen molar-refractivity contribution < 1.29 is 4.74 Å². The third-order valence-electron chi connectivity index (χ3n) is 4.67. The molecule has 1 saturated heterocycles. The highest BCUT2D eigenvalue weighted by Gasteiger charge is 2.45. The van der Waals surface area contributed by atoms with Crippen LogP contribution >= 0.6 is 11.8 Å². The van der Waals surface area contributed by atoms with Gasteiger partial charge in [-0.3, -0.25) is 4.90 Å². The second-order valence-corrected chi connectivity index (χ2v) is 6.83. The Morgan fingerprint density at radius 3 is 2.67 bits per heavy atom. The third-order valence-corrected chi connectivity index (χ3v) is 5.48. The lowest BCUT2D eigenvalue weighted by molar-refractivity contribution is -0.129. The quantitative estimate of drug-likeness (QED) is 0.807. The van der Waals surface area contributed by atoms with Crippen LogP contribution in [0.3, 0.4) is 0 Å². The van der Waals surface area contributed by atoms with Crippen molar-refractivity contribution in [3.8, 4) is 0 Å². The normalized spacial score (nSPS) is 34.8. The van der Waals surface area contributed by atoms with Crippen LogP contribution in [0.25, 0.3) is 0 Å². The monoisotopic (exact) mass is 274 g/mol. The second-order valence-electron chi connectivity index (χ2n) is 5.92. The molecular weight excluding hydrogens is 244 g/mol. The fraction of sp³-hybridized carbons (Fsp3) is 1.00. The van der Waals surface area contributed by atoms with Crippen molar-refractivity contribution in [3.63, 3.8) is 0 Å². The Hall–Kier alpha value is 0.230. The Morgan fingerprint density at radius 1 is 1.50 bits per heavy atom. The SMILES string of the molecule is CCC1(C)CC(CN)(N(C)C(C)CSC)CCO1. The van der Waals surface area contributed by atoms with Gasteiger partial charge >= 0.3 is 0 Å². The highest BCUT2D eigenvalue weighted by molar-refractivity contribution is 7.98. The largest absolute Gasteiger partial charge is 0.375 e. The van der Waals surface area contributed by atoms with E-state index in [0.717, 1.165) is 38.2 Å². The van der Waals surface area contributed by atoms with E-state index in [9.17, 15) is 0 Å². The topological polar surface area (TPSA) is 38.5 Å². The van der Waals surface area contributed by atoms with Crippen molar-refractivity contribution >= 4 is 11.8 Å². The number of nitrogens with zero attached hydrogens (tertiary/aromatic N) is 1. The van der Waals surface area contributed by atoms with Crippen LogP contribution in [0, 0.1) is 0 Å². The summed E-state index contributed by atoms with van der Waals surface area (Å²) in [5, 5.41) is 0. The van der Waals surface area contributed by atoms with E-state index in [1.165, 1.54) is 0 Å². The number of likely N-dealkylation sites (N-methyl/N-ethyl adjacent to an activating group) is 1. The molecule has 18 heavy (non-hydrogen) atoms. The van der Waals surface area contributed by atoms with Gasteiger partial charge in [0, 0.05) is 30.5 Å². The maximum absolute atomic E-state index is 6.14. The van der Waals surface area contributed by atoms with E-state index in [1.807, 2.05) is 11.8 Å². The number of hydrogen-bond donors (Lipinski definition) is 1. The number of thioether (sulfide) groups is 1. The molecule has 0 aliphatic carbocycles. The van der Waals surface area contributed by atoms with Crippen LogP contribution in [0.2, 0.25) is 0 Å². The van der Waals surface area contributed by atoms with E-state index in [4.69, 9.17) is 10.5 Å². The number of rotatable bonds is 6. The summed E-state index contributed by atoms with van der Waals surface area (Å²) in [5.41, 5.74) is 6.25. The van der Waals surface area contributed by atoms with Crippen molar-refractivity contribution in [1.29, 1.82) is 0 Å². The van der Waals surface area contributed by atoms with Gasteiger partial charge in [0.25, 0.3) is 0 Å². The first kappa shape index (κ1) is 16.3. The first-order chi connectivity index (χ1) is 8.43. The average Bonchev–Trinajstić information content (AvgIpc) is 2.38. The molecule has 0 amide bonds. The summed E-state index contributed by atoms with van der Waals surface area (Å²) in [6, 6.07) is 0.558. The summed E-state index contributed by atoms with van der Waals surface area (Å²) in [6.07, 6.45) is 5.32. The minimum atomic E-state index is -0.00897. The Bertz CT molecular complexity index is 264. The number of nitrogens with two attached hydrogens (primary N) is 1. The first-order valence-corrected chi connectivity index (χ1v) is 8.38. The van der Waals surface area contributed by atoms with Crippen molar-refractivity contribution in [3.05, 3.63) is 0 Å². The van der Waals surface area contributed by atoms with E-state index in [0.29, 0.717) is 6.04 Å². The van der Waals surface area contributed by atoms with Crippen molar-refractivity contribution in [2.75, 3.05) is 32.2 Å². The van der Waals surface area contributed by atoms with Crippen LogP contribution in [0.15, 0.2) is 0 Å². The summed E-state index contributed by atoms with van der Waals surface area (Å²) in [4.78, 5) is 2.50. The molecule has 3 atom stereocenters. The Balaban J connectivity index is 2.84. The Kier molecular flexibility index (Phi) is 5.97. The van der Waals surface area contributed by atoms with Gasteiger partial charge in [0.15, 0.2) is 0 Å². The van der Waals surface area contributed by atoms with E-state index in [1.54, 1.807) is 0 Å². The zero-order valence-electron chi connectivity index (χ0n) is 12.7. The molecule has 0 aromatic rings. The van der Waals surface area contributed by atoms with Gasteiger partial charge in [-0.1, -0.05) is 6.92 Å². The Morgan fingerprint density at radius 2 is 2.17 bits per heavy atom. The molecule has 2 N–H and O–H groups in total. The van der Waals surface area contributed by atoms with Gasteiger partial charge in [-0.2, -0.15) is 11.8 Å². The molecule has 1 heterocycles. The zero-order chi connectivity index (χ0) is 13.8. The van der Waals surface area contributed by atoms with Gasteiger partial charge in [-0.25, -0.2) is 0 Å². The van der Waals surface area contributed by atoms with Crippen LogP contribution in [0.5, 0.6) is 0 Å². The molecule has 0 aromatic heterocycles. The molecule has 3 nitrogen and oxygen atoms in total. The Labute approximate surface area is 117 Å². The fourth-order valence-corrected chi connectivity index (χ4v) is 3.70. The standard InChI is InChI=1S/C14H30N2OS/c1-6-13(3)10-14(11-15,7-8-17-13)16(4)12(2)9-18-5/h12H,6-11,15H2,1-5H3. The lowest BCUT2D eigenvalue weighted by Crippen LogP contribution is -2.62. The molecule has 1 aliphatic rings. The molecule has 0 spiro atoms. The van der Waals surface area contributed by atoms with Crippen LogP contribution in [0.4, 0.5) is 0 Å². The zero-order valence-corrected chi connectivity index (χ0v) is 13.5. The summed E-state index contributed by atoms with van der Waals surface area (Å²) >= 11 is 1.90. The van der Waals surface area contributed by atoms with Crippen molar-refractivity contribution in [2.24, 2.45) is 5.73 Å². The smallest absolute Gasteiger partial charge is 0.0670 e. The van der Waals surface area contributed by atoms with Gasteiger partial charge in [-0.15, -0.1) is 0 Å². The third kappa shape index (κ3) is 3.41. The summed E-state index contributed by atoms with van der Waals surface area (Å²) in [6.45, 7) is 8.28. The van der Waals surface area contributed by atoms with E-state index >= 15 is 0 Å². The van der Waals surface area contributed by atoms with Gasteiger partial charge in [-0.05, 0) is 46.4 Å². The molecule has 0 saturated carbocycles. The highest BCUT2D eigenvalue weighted by atomic mass is 32.2. The maximum Gasteiger partial charge on any atom is 0.0670 e. The van der Waals surface area contributed by atoms with E-state index in [2.05, 4.69) is 39.0 Å². The minimum absolute atomic E-state index is 0.00897. The summed E-state index contributed by atoms with van der Waals surface area (Å²) < 4.78 is 5.97.